The Bertz CT molecular complexity index is 978. The Balaban J connectivity index is 2.81. The number of hydrogen-bond acceptors (Lipinski definition) is 4. The first-order valence-electron chi connectivity index (χ1n) is 8.75. The third kappa shape index (κ3) is 3.47. The minimum Gasteiger partial charge on any atom is -0.493 e. The van der Waals surface area contributed by atoms with Crippen LogP contribution in [0, 0.1) is 6.92 Å². The van der Waals surface area contributed by atoms with E-state index in [9.17, 15) is 13.2 Å². The summed E-state index contributed by atoms with van der Waals surface area (Å²) in [5.74, 6) is 0.357. The van der Waals surface area contributed by atoms with Crippen molar-refractivity contribution in [2.24, 2.45) is 6.98 Å². The van der Waals surface area contributed by atoms with Crippen molar-refractivity contribution in [3.8, 4) is 16.9 Å². The van der Waals surface area contributed by atoms with Crippen LogP contribution >= 0.6 is 0 Å². The molecule has 0 radical (unpaired) electrons. The van der Waals surface area contributed by atoms with Gasteiger partial charge in [0.1, 0.15) is 5.75 Å². The molecular formula is C17H21NO4S. The van der Waals surface area contributed by atoms with Crippen LogP contribution in [-0.4, -0.2) is 25.3 Å². The highest BCUT2D eigenvalue weighted by atomic mass is 32.2. The molecule has 124 valence electrons. The normalized spacial score (nSPS) is 14.0. The van der Waals surface area contributed by atoms with Gasteiger partial charge in [-0.25, -0.2) is 8.42 Å². The summed E-state index contributed by atoms with van der Waals surface area (Å²) in [5.41, 5.74) is 0.734. The van der Waals surface area contributed by atoms with Crippen molar-refractivity contribution >= 4 is 9.84 Å². The largest absolute Gasteiger partial charge is 0.493 e. The van der Waals surface area contributed by atoms with Crippen molar-refractivity contribution in [1.29, 1.82) is 0 Å². The second-order valence-electron chi connectivity index (χ2n) is 5.07. The average Bonchev–Trinajstić information content (AvgIpc) is 2.54. The minimum atomic E-state index is -3.46. The first kappa shape index (κ1) is 13.4. The molecule has 0 N–H and O–H groups in total. The summed E-state index contributed by atoms with van der Waals surface area (Å²) in [4.78, 5) is 12.1. The van der Waals surface area contributed by atoms with Gasteiger partial charge in [0.2, 0.25) is 0 Å². The van der Waals surface area contributed by atoms with E-state index in [-0.39, 0.29) is 10.6 Å². The summed E-state index contributed by atoms with van der Waals surface area (Å²) in [7, 11) is -3.46. The monoisotopic (exact) mass is 338 g/mol. The third-order valence-corrected chi connectivity index (χ3v) is 5.27. The SMILES string of the molecule is [2H]C([2H])([2H])n1cc(-c2cc(S(=O)(=O)CC)ccc2OCC)c(C)cc1=O. The summed E-state index contributed by atoms with van der Waals surface area (Å²) in [5, 5.41) is 0. The zero-order chi connectivity index (χ0) is 19.7. The maximum atomic E-state index is 12.2. The Morgan fingerprint density at radius 3 is 2.57 bits per heavy atom. The predicted molar refractivity (Wildman–Crippen MR) is 90.8 cm³/mol. The maximum absolute atomic E-state index is 12.2. The average molecular weight is 338 g/mol. The predicted octanol–water partition coefficient (Wildman–Crippen LogP) is 2.55. The molecule has 1 aromatic heterocycles. The van der Waals surface area contributed by atoms with Crippen molar-refractivity contribution in [3.63, 3.8) is 0 Å². The third-order valence-electron chi connectivity index (χ3n) is 3.54. The van der Waals surface area contributed by atoms with Crippen LogP contribution in [0.3, 0.4) is 0 Å². The number of rotatable bonds is 5. The van der Waals surface area contributed by atoms with Gasteiger partial charge in [0.05, 0.1) is 17.3 Å². The van der Waals surface area contributed by atoms with Crippen LogP contribution in [0.5, 0.6) is 5.75 Å². The number of hydrogen-bond donors (Lipinski definition) is 0. The molecule has 0 saturated carbocycles. The van der Waals surface area contributed by atoms with Crippen LogP contribution < -0.4 is 10.3 Å². The van der Waals surface area contributed by atoms with E-state index in [0.717, 1.165) is 0 Å². The molecule has 0 atom stereocenters. The molecule has 0 bridgehead atoms. The van der Waals surface area contributed by atoms with E-state index in [2.05, 4.69) is 0 Å². The number of aromatic nitrogens is 1. The second kappa shape index (κ2) is 6.58. The van der Waals surface area contributed by atoms with Gasteiger partial charge in [-0.05, 0) is 37.6 Å². The van der Waals surface area contributed by atoms with Gasteiger partial charge in [0.25, 0.3) is 5.56 Å². The number of sulfone groups is 1. The minimum absolute atomic E-state index is 0.0613. The number of benzene rings is 1. The maximum Gasteiger partial charge on any atom is 0.250 e. The number of ether oxygens (including phenoxy) is 1. The molecule has 6 heteroatoms. The van der Waals surface area contributed by atoms with E-state index >= 15 is 0 Å². The van der Waals surface area contributed by atoms with Crippen LogP contribution in [0.1, 0.15) is 23.5 Å². The van der Waals surface area contributed by atoms with E-state index in [1.807, 2.05) is 0 Å². The topological polar surface area (TPSA) is 65.4 Å². The van der Waals surface area contributed by atoms with Crippen LogP contribution in [0.2, 0.25) is 0 Å². The summed E-state index contributed by atoms with van der Waals surface area (Å²) in [6, 6.07) is 5.69. The molecule has 0 saturated heterocycles. The lowest BCUT2D eigenvalue weighted by Gasteiger charge is -2.15. The molecule has 5 nitrogen and oxygen atoms in total. The molecule has 1 aromatic carbocycles. The Morgan fingerprint density at radius 2 is 1.96 bits per heavy atom. The van der Waals surface area contributed by atoms with Crippen LogP contribution in [0.25, 0.3) is 11.1 Å². The fraction of sp³-hybridized carbons (Fsp3) is 0.353. The Morgan fingerprint density at radius 1 is 1.22 bits per heavy atom. The number of aryl methyl sites for hydroxylation is 2. The Hall–Kier alpha value is -2.08. The highest BCUT2D eigenvalue weighted by Crippen LogP contribution is 2.34. The molecule has 23 heavy (non-hydrogen) atoms. The molecule has 0 aliphatic carbocycles. The standard InChI is InChI=1S/C17H21NO4S/c1-5-22-16-8-7-13(23(20,21)6-2)10-14(16)15-11-18(4)17(19)9-12(15)3/h7-11H,5-6H2,1-4H3/i4D3. The smallest absolute Gasteiger partial charge is 0.250 e. The lowest BCUT2D eigenvalue weighted by Crippen LogP contribution is -2.16. The first-order valence-corrected chi connectivity index (χ1v) is 8.90. The quantitative estimate of drug-likeness (QED) is 0.840. The lowest BCUT2D eigenvalue weighted by molar-refractivity contribution is 0.341. The van der Waals surface area contributed by atoms with Crippen molar-refractivity contribution in [2.45, 2.75) is 25.7 Å². The van der Waals surface area contributed by atoms with Gasteiger partial charge in [-0.3, -0.25) is 4.79 Å². The van der Waals surface area contributed by atoms with Gasteiger partial charge < -0.3 is 9.30 Å². The molecule has 0 amide bonds. The van der Waals surface area contributed by atoms with Gasteiger partial charge in [0, 0.05) is 34.5 Å². The van der Waals surface area contributed by atoms with E-state index < -0.39 is 22.4 Å². The van der Waals surface area contributed by atoms with E-state index in [1.165, 1.54) is 24.4 Å². The zero-order valence-corrected chi connectivity index (χ0v) is 14.1. The molecule has 1 heterocycles. The highest BCUT2D eigenvalue weighted by Gasteiger charge is 2.17. The summed E-state index contributed by atoms with van der Waals surface area (Å²) < 4.78 is 53.3. The Kier molecular flexibility index (Phi) is 3.82. The molecule has 2 aromatic rings. The van der Waals surface area contributed by atoms with E-state index in [1.54, 1.807) is 26.8 Å². The van der Waals surface area contributed by atoms with E-state index in [0.29, 0.717) is 33.6 Å². The van der Waals surface area contributed by atoms with Gasteiger partial charge in [-0.15, -0.1) is 0 Å². The zero-order valence-electron chi connectivity index (χ0n) is 16.3. The summed E-state index contributed by atoms with van der Waals surface area (Å²) in [6.07, 6.45) is 1.23. The number of pyridine rings is 1. The van der Waals surface area contributed by atoms with Crippen LogP contribution in [-0.2, 0) is 16.8 Å². The van der Waals surface area contributed by atoms with Gasteiger partial charge in [-0.1, -0.05) is 6.92 Å². The first-order chi connectivity index (χ1) is 12.0. The molecule has 2 rings (SSSR count). The molecule has 0 aliphatic heterocycles. The van der Waals surface area contributed by atoms with Crippen molar-refractivity contribution in [1.82, 2.24) is 4.57 Å². The summed E-state index contributed by atoms with van der Waals surface area (Å²) in [6.45, 7) is 2.71. The molecule has 0 aliphatic rings. The van der Waals surface area contributed by atoms with Crippen molar-refractivity contribution in [3.05, 3.63) is 46.4 Å². The van der Waals surface area contributed by atoms with Gasteiger partial charge >= 0.3 is 0 Å². The molecular weight excluding hydrogens is 314 g/mol. The fourth-order valence-electron chi connectivity index (χ4n) is 2.27. The Labute approximate surface area is 140 Å². The van der Waals surface area contributed by atoms with Crippen molar-refractivity contribution in [2.75, 3.05) is 12.4 Å². The van der Waals surface area contributed by atoms with Gasteiger partial charge in [0.15, 0.2) is 9.84 Å². The van der Waals surface area contributed by atoms with Crippen LogP contribution in [0.4, 0.5) is 0 Å². The second-order valence-corrected chi connectivity index (χ2v) is 7.35. The summed E-state index contributed by atoms with van der Waals surface area (Å²) >= 11 is 0. The molecule has 0 fully saturated rings. The highest BCUT2D eigenvalue weighted by molar-refractivity contribution is 7.91. The fourth-order valence-corrected chi connectivity index (χ4v) is 3.18. The van der Waals surface area contributed by atoms with Gasteiger partial charge in [-0.2, -0.15) is 0 Å². The van der Waals surface area contributed by atoms with Crippen molar-refractivity contribution < 1.29 is 17.3 Å². The number of nitrogens with zero attached hydrogens (tertiary/aromatic N) is 1. The van der Waals surface area contributed by atoms with Crippen LogP contribution in [0.15, 0.2) is 40.2 Å². The molecule has 0 unspecified atom stereocenters. The van der Waals surface area contributed by atoms with E-state index in [4.69, 9.17) is 8.85 Å². The lowest BCUT2D eigenvalue weighted by atomic mass is 10.0. The molecule has 0 spiro atoms.